The first kappa shape index (κ1) is 16.4. The van der Waals surface area contributed by atoms with Crippen LogP contribution in [0.15, 0.2) is 48.5 Å². The molecule has 1 amide bonds. The summed E-state index contributed by atoms with van der Waals surface area (Å²) in [7, 11) is 0. The summed E-state index contributed by atoms with van der Waals surface area (Å²) in [6.45, 7) is 4.58. The SMILES string of the molecule is Cc1cc(Cl)ccc1OCC(=O)NC[C@H](C)c1ccccc1. The Labute approximate surface area is 136 Å². The van der Waals surface area contributed by atoms with E-state index in [-0.39, 0.29) is 18.4 Å². The van der Waals surface area contributed by atoms with Crippen molar-refractivity contribution in [3.63, 3.8) is 0 Å². The molecule has 2 aromatic carbocycles. The van der Waals surface area contributed by atoms with Crippen molar-refractivity contribution >= 4 is 17.5 Å². The highest BCUT2D eigenvalue weighted by Gasteiger charge is 2.09. The fourth-order valence-electron chi connectivity index (χ4n) is 2.14. The van der Waals surface area contributed by atoms with Gasteiger partial charge in [0.25, 0.3) is 5.91 Å². The lowest BCUT2D eigenvalue weighted by Crippen LogP contribution is -2.31. The highest BCUT2D eigenvalue weighted by atomic mass is 35.5. The second-order valence-electron chi connectivity index (χ2n) is 5.31. The molecule has 0 aliphatic rings. The van der Waals surface area contributed by atoms with E-state index in [2.05, 4.69) is 24.4 Å². The van der Waals surface area contributed by atoms with Crippen LogP contribution in [0.4, 0.5) is 0 Å². The van der Waals surface area contributed by atoms with Gasteiger partial charge in [0.05, 0.1) is 0 Å². The van der Waals surface area contributed by atoms with Crippen molar-refractivity contribution in [3.05, 3.63) is 64.7 Å². The van der Waals surface area contributed by atoms with Gasteiger partial charge < -0.3 is 10.1 Å². The van der Waals surface area contributed by atoms with Crippen LogP contribution in [0.25, 0.3) is 0 Å². The molecule has 0 unspecified atom stereocenters. The molecule has 0 aliphatic carbocycles. The van der Waals surface area contributed by atoms with E-state index in [1.807, 2.05) is 31.2 Å². The van der Waals surface area contributed by atoms with E-state index in [4.69, 9.17) is 16.3 Å². The number of ether oxygens (including phenoxy) is 1. The van der Waals surface area contributed by atoms with Gasteiger partial charge in [0, 0.05) is 11.6 Å². The molecule has 0 heterocycles. The van der Waals surface area contributed by atoms with E-state index in [0.29, 0.717) is 17.3 Å². The molecule has 0 fully saturated rings. The van der Waals surface area contributed by atoms with Crippen LogP contribution in [0.1, 0.15) is 24.0 Å². The average Bonchev–Trinajstić information content (AvgIpc) is 2.52. The van der Waals surface area contributed by atoms with Gasteiger partial charge in [-0.25, -0.2) is 0 Å². The first-order valence-electron chi connectivity index (χ1n) is 7.27. The Morgan fingerprint density at radius 2 is 1.95 bits per heavy atom. The molecule has 116 valence electrons. The van der Waals surface area contributed by atoms with Gasteiger partial charge in [-0.05, 0) is 42.2 Å². The van der Waals surface area contributed by atoms with Crippen LogP contribution >= 0.6 is 11.6 Å². The summed E-state index contributed by atoms with van der Waals surface area (Å²) in [5.74, 6) is 0.815. The highest BCUT2D eigenvalue weighted by molar-refractivity contribution is 6.30. The van der Waals surface area contributed by atoms with Crippen molar-refractivity contribution in [1.29, 1.82) is 0 Å². The number of rotatable bonds is 6. The second-order valence-corrected chi connectivity index (χ2v) is 5.75. The quantitative estimate of drug-likeness (QED) is 0.876. The number of carbonyl (C=O) groups is 1. The number of aryl methyl sites for hydroxylation is 1. The molecular weight excluding hydrogens is 298 g/mol. The molecule has 0 saturated carbocycles. The van der Waals surface area contributed by atoms with E-state index < -0.39 is 0 Å². The summed E-state index contributed by atoms with van der Waals surface area (Å²) < 4.78 is 5.52. The third-order valence-corrected chi connectivity index (χ3v) is 3.70. The zero-order chi connectivity index (χ0) is 15.9. The third kappa shape index (κ3) is 4.78. The molecule has 0 saturated heterocycles. The van der Waals surface area contributed by atoms with Crippen LogP contribution in [0.5, 0.6) is 5.75 Å². The molecule has 22 heavy (non-hydrogen) atoms. The molecule has 3 nitrogen and oxygen atoms in total. The number of hydrogen-bond donors (Lipinski definition) is 1. The molecule has 0 aromatic heterocycles. The smallest absolute Gasteiger partial charge is 0.257 e. The van der Waals surface area contributed by atoms with Crippen LogP contribution in [0.3, 0.4) is 0 Å². The van der Waals surface area contributed by atoms with Gasteiger partial charge in [0.1, 0.15) is 5.75 Å². The highest BCUT2D eigenvalue weighted by Crippen LogP contribution is 2.21. The lowest BCUT2D eigenvalue weighted by molar-refractivity contribution is -0.123. The molecule has 2 rings (SSSR count). The van der Waals surface area contributed by atoms with E-state index in [0.717, 1.165) is 5.56 Å². The summed E-state index contributed by atoms with van der Waals surface area (Å²) in [6.07, 6.45) is 0. The third-order valence-electron chi connectivity index (χ3n) is 3.47. The van der Waals surface area contributed by atoms with Crippen molar-refractivity contribution in [3.8, 4) is 5.75 Å². The summed E-state index contributed by atoms with van der Waals surface area (Å²) >= 11 is 5.89. The van der Waals surface area contributed by atoms with Gasteiger partial charge >= 0.3 is 0 Å². The maximum atomic E-state index is 11.9. The van der Waals surface area contributed by atoms with Crippen LogP contribution in [-0.4, -0.2) is 19.1 Å². The molecule has 0 spiro atoms. The fourth-order valence-corrected chi connectivity index (χ4v) is 2.36. The van der Waals surface area contributed by atoms with Crippen molar-refractivity contribution in [2.75, 3.05) is 13.2 Å². The Kier molecular flexibility index (Phi) is 5.84. The summed E-state index contributed by atoms with van der Waals surface area (Å²) in [5.41, 5.74) is 2.12. The molecule has 0 bridgehead atoms. The monoisotopic (exact) mass is 317 g/mol. The topological polar surface area (TPSA) is 38.3 Å². The van der Waals surface area contributed by atoms with E-state index in [1.54, 1.807) is 12.1 Å². The van der Waals surface area contributed by atoms with Crippen molar-refractivity contribution in [2.45, 2.75) is 19.8 Å². The van der Waals surface area contributed by atoms with Crippen LogP contribution < -0.4 is 10.1 Å². The van der Waals surface area contributed by atoms with E-state index in [1.165, 1.54) is 5.56 Å². The number of hydrogen-bond acceptors (Lipinski definition) is 2. The number of carbonyl (C=O) groups excluding carboxylic acids is 1. The van der Waals surface area contributed by atoms with Gasteiger partial charge in [-0.15, -0.1) is 0 Å². The molecule has 0 aliphatic heterocycles. The second kappa shape index (κ2) is 7.85. The van der Waals surface area contributed by atoms with Crippen molar-refractivity contribution in [2.24, 2.45) is 0 Å². The summed E-state index contributed by atoms with van der Waals surface area (Å²) in [4.78, 5) is 11.9. The average molecular weight is 318 g/mol. The van der Waals surface area contributed by atoms with Gasteiger partial charge in [0.15, 0.2) is 6.61 Å². The Bertz CT molecular complexity index is 628. The summed E-state index contributed by atoms with van der Waals surface area (Å²) in [6, 6.07) is 15.4. The molecule has 1 N–H and O–H groups in total. The predicted octanol–water partition coefficient (Wildman–Crippen LogP) is 3.95. The first-order chi connectivity index (χ1) is 10.6. The van der Waals surface area contributed by atoms with E-state index in [9.17, 15) is 4.79 Å². The lowest BCUT2D eigenvalue weighted by Gasteiger charge is -2.14. The van der Waals surface area contributed by atoms with Crippen molar-refractivity contribution in [1.82, 2.24) is 5.32 Å². The van der Waals surface area contributed by atoms with Gasteiger partial charge in [-0.1, -0.05) is 48.9 Å². The maximum absolute atomic E-state index is 11.9. The molecule has 0 radical (unpaired) electrons. The minimum Gasteiger partial charge on any atom is -0.484 e. The zero-order valence-corrected chi connectivity index (χ0v) is 13.6. The zero-order valence-electron chi connectivity index (χ0n) is 12.8. The number of benzene rings is 2. The fraction of sp³-hybridized carbons (Fsp3) is 0.278. The van der Waals surface area contributed by atoms with Gasteiger partial charge in [0.2, 0.25) is 0 Å². The van der Waals surface area contributed by atoms with Crippen LogP contribution in [0, 0.1) is 6.92 Å². The molecule has 4 heteroatoms. The van der Waals surface area contributed by atoms with Gasteiger partial charge in [-0.3, -0.25) is 4.79 Å². The largest absolute Gasteiger partial charge is 0.484 e. The number of nitrogens with one attached hydrogen (secondary N) is 1. The van der Waals surface area contributed by atoms with Crippen LogP contribution in [0.2, 0.25) is 5.02 Å². The normalized spacial score (nSPS) is 11.8. The summed E-state index contributed by atoms with van der Waals surface area (Å²) in [5, 5.41) is 3.55. The minimum absolute atomic E-state index is 0.00395. The molecule has 2 aromatic rings. The van der Waals surface area contributed by atoms with Gasteiger partial charge in [-0.2, -0.15) is 0 Å². The van der Waals surface area contributed by atoms with E-state index >= 15 is 0 Å². The molecule has 1 atom stereocenters. The minimum atomic E-state index is -0.128. The lowest BCUT2D eigenvalue weighted by atomic mass is 10.0. The maximum Gasteiger partial charge on any atom is 0.257 e. The Morgan fingerprint density at radius 3 is 2.64 bits per heavy atom. The Hall–Kier alpha value is -2.00. The predicted molar refractivity (Wildman–Crippen MR) is 89.6 cm³/mol. The Balaban J connectivity index is 1.78. The number of halogens is 1. The molecular formula is C18H20ClNO2. The number of amides is 1. The van der Waals surface area contributed by atoms with Crippen molar-refractivity contribution < 1.29 is 9.53 Å². The van der Waals surface area contributed by atoms with Crippen LogP contribution in [-0.2, 0) is 4.79 Å². The standard InChI is InChI=1S/C18H20ClNO2/c1-13-10-16(19)8-9-17(13)22-12-18(21)20-11-14(2)15-6-4-3-5-7-15/h3-10,14H,11-12H2,1-2H3,(H,20,21)/t14-/m0/s1. The Morgan fingerprint density at radius 1 is 1.23 bits per heavy atom. The first-order valence-corrected chi connectivity index (χ1v) is 7.64.